The van der Waals surface area contributed by atoms with Gasteiger partial charge in [-0.2, -0.15) is 17.6 Å². The van der Waals surface area contributed by atoms with Crippen molar-refractivity contribution in [2.75, 3.05) is 6.61 Å². The van der Waals surface area contributed by atoms with Crippen LogP contribution >= 0.6 is 0 Å². The van der Waals surface area contributed by atoms with Crippen LogP contribution in [0.15, 0.2) is 0 Å². The molecule has 0 spiro atoms. The highest BCUT2D eigenvalue weighted by Crippen LogP contribution is 2.35. The van der Waals surface area contributed by atoms with Crippen molar-refractivity contribution in [3.63, 3.8) is 0 Å². The van der Waals surface area contributed by atoms with Gasteiger partial charge < -0.3 is 9.84 Å². The maximum absolute atomic E-state index is 12.5. The molecule has 0 saturated carbocycles. The summed E-state index contributed by atoms with van der Waals surface area (Å²) in [4.78, 5) is 9.84. The van der Waals surface area contributed by atoms with Crippen LogP contribution in [-0.4, -0.2) is 29.7 Å². The van der Waals surface area contributed by atoms with Gasteiger partial charge in [0.05, 0.1) is 0 Å². The van der Waals surface area contributed by atoms with E-state index in [2.05, 4.69) is 4.74 Å². The third kappa shape index (κ3) is 1.84. The summed E-state index contributed by atoms with van der Waals surface area (Å²) in [6, 6.07) is 0. The smallest absolute Gasteiger partial charge is 0.460 e. The number of aliphatic carboxylic acids is 1. The number of ether oxygens (including phenoxy) is 1. The van der Waals surface area contributed by atoms with Gasteiger partial charge in [0.25, 0.3) is 0 Å². The van der Waals surface area contributed by atoms with Gasteiger partial charge in [-0.15, -0.1) is 0 Å². The molecule has 0 aliphatic carbocycles. The van der Waals surface area contributed by atoms with Gasteiger partial charge >= 0.3 is 18.0 Å². The zero-order valence-electron chi connectivity index (χ0n) is 5.98. The minimum Gasteiger partial charge on any atom is -0.477 e. The fourth-order valence-corrected chi connectivity index (χ4v) is 0.464. The summed E-state index contributed by atoms with van der Waals surface area (Å²) in [5.74, 6) is -7.29. The highest BCUT2D eigenvalue weighted by molar-refractivity contribution is 5.76. The number of hydrogen-bond acceptors (Lipinski definition) is 2. The average molecular weight is 190 g/mol. The molecular formula is C5H6F4O3. The molecule has 0 aromatic rings. The molecule has 0 heterocycles. The zero-order valence-corrected chi connectivity index (χ0v) is 5.98. The minimum absolute atomic E-state index is 0.678. The first-order valence-corrected chi connectivity index (χ1v) is 2.88. The van der Waals surface area contributed by atoms with Crippen molar-refractivity contribution in [3.8, 4) is 0 Å². The largest absolute Gasteiger partial charge is 0.477 e. The lowest BCUT2D eigenvalue weighted by molar-refractivity contribution is -0.321. The molecular weight excluding hydrogens is 184 g/mol. The fraction of sp³-hybridized carbons (Fsp3) is 0.800. The van der Waals surface area contributed by atoms with Crippen LogP contribution in [0.4, 0.5) is 17.6 Å². The summed E-state index contributed by atoms with van der Waals surface area (Å²) >= 11 is 0. The molecule has 1 N–H and O–H groups in total. The lowest BCUT2D eigenvalue weighted by Crippen LogP contribution is -2.50. The van der Waals surface area contributed by atoms with Crippen LogP contribution in [0.5, 0.6) is 0 Å². The van der Waals surface area contributed by atoms with E-state index in [1.165, 1.54) is 0 Å². The Morgan fingerprint density at radius 1 is 1.42 bits per heavy atom. The Balaban J connectivity index is 4.75. The Hall–Kier alpha value is -0.850. The second-order valence-corrected chi connectivity index (χ2v) is 1.83. The Kier molecular flexibility index (Phi) is 3.03. The van der Waals surface area contributed by atoms with E-state index in [0.29, 0.717) is 0 Å². The lowest BCUT2D eigenvalue weighted by Gasteiger charge is -2.22. The van der Waals surface area contributed by atoms with Gasteiger partial charge in [-0.3, -0.25) is 0 Å². The number of carboxylic acids is 1. The number of halogens is 4. The van der Waals surface area contributed by atoms with Crippen molar-refractivity contribution in [2.24, 2.45) is 0 Å². The molecule has 7 heteroatoms. The molecule has 12 heavy (non-hydrogen) atoms. The molecule has 0 bridgehead atoms. The maximum Gasteiger partial charge on any atom is 0.460 e. The van der Waals surface area contributed by atoms with Gasteiger partial charge in [-0.1, -0.05) is 0 Å². The van der Waals surface area contributed by atoms with E-state index in [0.717, 1.165) is 6.92 Å². The first-order valence-electron chi connectivity index (χ1n) is 2.88. The third-order valence-corrected chi connectivity index (χ3v) is 0.983. The SMILES string of the molecule is CCO[C@@](F)(C(=O)O)C(F)(F)F. The molecule has 72 valence electrons. The number of hydrogen-bond donors (Lipinski definition) is 1. The van der Waals surface area contributed by atoms with E-state index < -0.39 is 24.6 Å². The van der Waals surface area contributed by atoms with Gasteiger partial charge in [0.1, 0.15) is 0 Å². The topological polar surface area (TPSA) is 46.5 Å². The Bertz CT molecular complexity index is 178. The van der Waals surface area contributed by atoms with Gasteiger partial charge in [-0.25, -0.2) is 4.79 Å². The predicted octanol–water partition coefficient (Wildman–Crippen LogP) is 1.34. The van der Waals surface area contributed by atoms with Crippen molar-refractivity contribution in [1.82, 2.24) is 0 Å². The van der Waals surface area contributed by atoms with E-state index in [4.69, 9.17) is 5.11 Å². The van der Waals surface area contributed by atoms with E-state index in [1.807, 2.05) is 0 Å². The predicted molar refractivity (Wildman–Crippen MR) is 29.2 cm³/mol. The molecule has 0 aromatic carbocycles. The quantitative estimate of drug-likeness (QED) is 0.683. The second-order valence-electron chi connectivity index (χ2n) is 1.83. The Morgan fingerprint density at radius 3 is 1.92 bits per heavy atom. The molecule has 0 aliphatic rings. The number of alkyl halides is 4. The van der Waals surface area contributed by atoms with Crippen LogP contribution in [0.1, 0.15) is 6.92 Å². The number of carbonyl (C=O) groups is 1. The Morgan fingerprint density at radius 2 is 1.83 bits per heavy atom. The Labute approximate surface area is 64.9 Å². The molecule has 0 amide bonds. The molecule has 0 aromatic heterocycles. The van der Waals surface area contributed by atoms with E-state index in [-0.39, 0.29) is 0 Å². The van der Waals surface area contributed by atoms with Crippen molar-refractivity contribution < 1.29 is 32.2 Å². The monoisotopic (exact) mass is 190 g/mol. The summed E-state index contributed by atoms with van der Waals surface area (Å²) < 4.78 is 50.9. The van der Waals surface area contributed by atoms with E-state index in [9.17, 15) is 22.4 Å². The second kappa shape index (κ2) is 3.26. The molecule has 0 fully saturated rings. The lowest BCUT2D eigenvalue weighted by atomic mass is 10.3. The summed E-state index contributed by atoms with van der Waals surface area (Å²) in [5.41, 5.74) is 0. The minimum atomic E-state index is -5.56. The highest BCUT2D eigenvalue weighted by atomic mass is 19.4. The van der Waals surface area contributed by atoms with Crippen LogP contribution in [0, 0.1) is 0 Å². The first-order chi connectivity index (χ1) is 5.25. The first kappa shape index (κ1) is 11.2. The molecule has 0 radical (unpaired) electrons. The van der Waals surface area contributed by atoms with Gasteiger partial charge in [0.15, 0.2) is 0 Å². The molecule has 0 unspecified atom stereocenters. The number of carboxylic acid groups (broad SMARTS) is 1. The van der Waals surface area contributed by atoms with Crippen LogP contribution in [0.25, 0.3) is 0 Å². The molecule has 1 atom stereocenters. The fourth-order valence-electron chi connectivity index (χ4n) is 0.464. The molecule has 0 saturated heterocycles. The van der Waals surface area contributed by atoms with Crippen molar-refractivity contribution in [1.29, 1.82) is 0 Å². The van der Waals surface area contributed by atoms with Crippen LogP contribution in [0.3, 0.4) is 0 Å². The van der Waals surface area contributed by atoms with Gasteiger partial charge in [-0.05, 0) is 6.92 Å². The summed E-state index contributed by atoms with van der Waals surface area (Å²) in [5, 5.41) is 7.88. The standard InChI is InChI=1S/C5H6F4O3/c1-2-12-4(6,3(10)11)5(7,8)9/h2H2,1H3,(H,10,11)/t4-/m0/s1. The van der Waals surface area contributed by atoms with Crippen LogP contribution < -0.4 is 0 Å². The summed E-state index contributed by atoms with van der Waals surface area (Å²) in [7, 11) is 0. The van der Waals surface area contributed by atoms with Crippen LogP contribution in [0.2, 0.25) is 0 Å². The number of rotatable bonds is 3. The third-order valence-electron chi connectivity index (χ3n) is 0.983. The zero-order chi connectivity index (χ0) is 9.99. The van der Waals surface area contributed by atoms with E-state index in [1.54, 1.807) is 0 Å². The summed E-state index contributed by atoms with van der Waals surface area (Å²) in [6.07, 6.45) is -5.56. The molecule has 0 rings (SSSR count). The van der Waals surface area contributed by atoms with Crippen molar-refractivity contribution >= 4 is 5.97 Å². The van der Waals surface area contributed by atoms with Crippen molar-refractivity contribution in [3.05, 3.63) is 0 Å². The van der Waals surface area contributed by atoms with Gasteiger partial charge in [0.2, 0.25) is 0 Å². The normalized spacial score (nSPS) is 17.1. The molecule has 0 aliphatic heterocycles. The maximum atomic E-state index is 12.5. The van der Waals surface area contributed by atoms with Gasteiger partial charge in [0, 0.05) is 6.61 Å². The van der Waals surface area contributed by atoms with E-state index >= 15 is 0 Å². The highest BCUT2D eigenvalue weighted by Gasteiger charge is 2.64. The summed E-state index contributed by atoms with van der Waals surface area (Å²) in [6.45, 7) is 0.380. The van der Waals surface area contributed by atoms with Crippen LogP contribution in [-0.2, 0) is 9.53 Å². The average Bonchev–Trinajstić information content (AvgIpc) is 1.85. The van der Waals surface area contributed by atoms with Crippen molar-refractivity contribution in [2.45, 2.75) is 19.0 Å². The molecule has 3 nitrogen and oxygen atoms in total.